The minimum atomic E-state index is -1.30. The summed E-state index contributed by atoms with van der Waals surface area (Å²) in [7, 11) is 0. The molecule has 90 valence electrons. The predicted molar refractivity (Wildman–Crippen MR) is 61.6 cm³/mol. The molecule has 1 saturated carbocycles. The number of nitrogens with zero attached hydrogens (tertiary/aromatic N) is 3. The van der Waals surface area contributed by atoms with Crippen LogP contribution in [0.2, 0.25) is 0 Å². The van der Waals surface area contributed by atoms with Crippen LogP contribution in [0.25, 0.3) is 11.3 Å². The molecule has 0 aromatic carbocycles. The van der Waals surface area contributed by atoms with Crippen LogP contribution in [-0.4, -0.2) is 20.9 Å². The zero-order valence-electron chi connectivity index (χ0n) is 9.54. The summed E-state index contributed by atoms with van der Waals surface area (Å²) in [6.07, 6.45) is 5.34. The molecular formula is C13H10N3O2-. The van der Waals surface area contributed by atoms with E-state index in [-0.39, 0.29) is 5.69 Å². The van der Waals surface area contributed by atoms with Gasteiger partial charge in [0.2, 0.25) is 0 Å². The number of carbonyl (C=O) groups excluding carboxylic acids is 1. The molecule has 0 N–H and O–H groups in total. The van der Waals surface area contributed by atoms with Gasteiger partial charge >= 0.3 is 0 Å². The molecule has 0 atom stereocenters. The van der Waals surface area contributed by atoms with Gasteiger partial charge in [-0.05, 0) is 31.0 Å². The molecule has 0 unspecified atom stereocenters. The summed E-state index contributed by atoms with van der Waals surface area (Å²) in [5, 5.41) is 10.7. The number of carboxylic acid groups (broad SMARTS) is 1. The van der Waals surface area contributed by atoms with Crippen molar-refractivity contribution >= 4 is 5.97 Å². The van der Waals surface area contributed by atoms with Gasteiger partial charge in [0.25, 0.3) is 0 Å². The summed E-state index contributed by atoms with van der Waals surface area (Å²) < 4.78 is 0. The van der Waals surface area contributed by atoms with Gasteiger partial charge in [-0.2, -0.15) is 0 Å². The molecule has 1 aliphatic carbocycles. The number of hydrogen-bond acceptors (Lipinski definition) is 5. The van der Waals surface area contributed by atoms with E-state index in [1.807, 2.05) is 12.1 Å². The van der Waals surface area contributed by atoms with E-state index in [9.17, 15) is 9.90 Å². The summed E-state index contributed by atoms with van der Waals surface area (Å²) in [5.41, 5.74) is 2.29. The Morgan fingerprint density at radius 3 is 2.67 bits per heavy atom. The molecule has 3 rings (SSSR count). The van der Waals surface area contributed by atoms with Crippen LogP contribution in [0, 0.1) is 0 Å². The van der Waals surface area contributed by atoms with Crippen molar-refractivity contribution in [1.82, 2.24) is 15.0 Å². The van der Waals surface area contributed by atoms with E-state index >= 15 is 0 Å². The molecule has 2 heterocycles. The Labute approximate surface area is 104 Å². The maximum Gasteiger partial charge on any atom is 0.116 e. The van der Waals surface area contributed by atoms with E-state index in [1.165, 1.54) is 25.2 Å². The highest BCUT2D eigenvalue weighted by Gasteiger charge is 2.24. The predicted octanol–water partition coefficient (Wildman–Crippen LogP) is 0.779. The first kappa shape index (κ1) is 10.8. The first-order valence-electron chi connectivity index (χ1n) is 5.74. The number of carbonyl (C=O) groups is 1. The van der Waals surface area contributed by atoms with E-state index in [1.54, 1.807) is 6.20 Å². The van der Waals surface area contributed by atoms with Gasteiger partial charge in [0, 0.05) is 23.4 Å². The Hall–Kier alpha value is -2.30. The molecule has 2 aromatic heterocycles. The zero-order chi connectivity index (χ0) is 12.5. The largest absolute Gasteiger partial charge is 0.543 e. The molecule has 18 heavy (non-hydrogen) atoms. The molecule has 2 aromatic rings. The maximum atomic E-state index is 10.7. The van der Waals surface area contributed by atoms with Crippen LogP contribution < -0.4 is 5.11 Å². The lowest BCUT2D eigenvalue weighted by atomic mass is 10.1. The first-order chi connectivity index (χ1) is 8.74. The number of carboxylic acids is 1. The molecule has 0 saturated heterocycles. The van der Waals surface area contributed by atoms with Crippen LogP contribution in [0.3, 0.4) is 0 Å². The third-order valence-corrected chi connectivity index (χ3v) is 2.95. The summed E-state index contributed by atoms with van der Waals surface area (Å²) in [6, 6.07) is 5.26. The van der Waals surface area contributed by atoms with Gasteiger partial charge in [0.05, 0.1) is 17.4 Å². The lowest BCUT2D eigenvalue weighted by Crippen LogP contribution is -2.23. The smallest absolute Gasteiger partial charge is 0.116 e. The molecule has 1 fully saturated rings. The number of aromatic carboxylic acids is 1. The second kappa shape index (κ2) is 4.18. The second-order valence-electron chi connectivity index (χ2n) is 4.32. The van der Waals surface area contributed by atoms with E-state index in [4.69, 9.17) is 0 Å². The van der Waals surface area contributed by atoms with Gasteiger partial charge in [-0.25, -0.2) is 9.97 Å². The molecule has 0 aliphatic heterocycles. The Kier molecular flexibility index (Phi) is 2.51. The van der Waals surface area contributed by atoms with E-state index in [0.717, 1.165) is 11.3 Å². The SMILES string of the molecule is O=C([O-])c1cc(-c2ccc(C3CC3)nc2)ncn1. The number of pyridine rings is 1. The Balaban J connectivity index is 1.93. The minimum absolute atomic E-state index is 0.119. The van der Waals surface area contributed by atoms with Crippen LogP contribution >= 0.6 is 0 Å². The Morgan fingerprint density at radius 1 is 1.22 bits per heavy atom. The van der Waals surface area contributed by atoms with Crippen molar-refractivity contribution in [2.45, 2.75) is 18.8 Å². The Morgan fingerprint density at radius 2 is 2.06 bits per heavy atom. The molecule has 0 radical (unpaired) electrons. The van der Waals surface area contributed by atoms with Crippen molar-refractivity contribution in [2.24, 2.45) is 0 Å². The number of rotatable bonds is 3. The normalized spacial score (nSPS) is 14.4. The zero-order valence-corrected chi connectivity index (χ0v) is 9.54. The van der Waals surface area contributed by atoms with Crippen molar-refractivity contribution in [3.8, 4) is 11.3 Å². The summed E-state index contributed by atoms with van der Waals surface area (Å²) in [6.45, 7) is 0. The number of hydrogen-bond donors (Lipinski definition) is 0. The van der Waals surface area contributed by atoms with Crippen molar-refractivity contribution in [2.75, 3.05) is 0 Å². The second-order valence-corrected chi connectivity index (χ2v) is 4.32. The maximum absolute atomic E-state index is 10.7. The quantitative estimate of drug-likeness (QED) is 0.792. The van der Waals surface area contributed by atoms with Crippen LogP contribution in [0.1, 0.15) is 34.9 Å². The van der Waals surface area contributed by atoms with Crippen LogP contribution in [-0.2, 0) is 0 Å². The fourth-order valence-electron chi connectivity index (χ4n) is 1.80. The molecule has 0 bridgehead atoms. The molecule has 5 nitrogen and oxygen atoms in total. The highest BCUT2D eigenvalue weighted by atomic mass is 16.4. The molecule has 0 spiro atoms. The summed E-state index contributed by atoms with van der Waals surface area (Å²) >= 11 is 0. The fourth-order valence-corrected chi connectivity index (χ4v) is 1.80. The molecule has 0 amide bonds. The van der Waals surface area contributed by atoms with Gasteiger partial charge < -0.3 is 9.90 Å². The molecule has 1 aliphatic rings. The van der Waals surface area contributed by atoms with Crippen LogP contribution in [0.4, 0.5) is 0 Å². The average Bonchev–Trinajstić information content (AvgIpc) is 3.23. The standard InChI is InChI=1S/C13H11N3O2/c17-13(18)12-5-11(15-7-16-12)9-3-4-10(14-6-9)8-1-2-8/h3-8H,1-2H2,(H,17,18)/p-1. The lowest BCUT2D eigenvalue weighted by Gasteiger charge is -2.05. The van der Waals surface area contributed by atoms with Gasteiger partial charge in [-0.3, -0.25) is 4.98 Å². The van der Waals surface area contributed by atoms with Gasteiger partial charge in [-0.15, -0.1) is 0 Å². The van der Waals surface area contributed by atoms with Crippen LogP contribution in [0.5, 0.6) is 0 Å². The summed E-state index contributed by atoms with van der Waals surface area (Å²) in [4.78, 5) is 22.8. The van der Waals surface area contributed by atoms with E-state index < -0.39 is 5.97 Å². The minimum Gasteiger partial charge on any atom is -0.543 e. The summed E-state index contributed by atoms with van der Waals surface area (Å²) in [5.74, 6) is -0.704. The van der Waals surface area contributed by atoms with Gasteiger partial charge in [0.1, 0.15) is 6.33 Å². The lowest BCUT2D eigenvalue weighted by molar-refractivity contribution is -0.255. The van der Waals surface area contributed by atoms with E-state index in [0.29, 0.717) is 11.6 Å². The number of aromatic nitrogens is 3. The van der Waals surface area contributed by atoms with Crippen molar-refractivity contribution in [3.05, 3.63) is 42.1 Å². The average molecular weight is 240 g/mol. The monoisotopic (exact) mass is 240 g/mol. The molecular weight excluding hydrogens is 230 g/mol. The van der Waals surface area contributed by atoms with Crippen molar-refractivity contribution in [1.29, 1.82) is 0 Å². The Bertz CT molecular complexity index is 591. The van der Waals surface area contributed by atoms with E-state index in [2.05, 4.69) is 15.0 Å². The highest BCUT2D eigenvalue weighted by Crippen LogP contribution is 2.39. The van der Waals surface area contributed by atoms with Gasteiger partial charge in [0.15, 0.2) is 0 Å². The molecule has 5 heteroatoms. The first-order valence-corrected chi connectivity index (χ1v) is 5.74. The third kappa shape index (κ3) is 2.07. The highest BCUT2D eigenvalue weighted by molar-refractivity contribution is 5.84. The van der Waals surface area contributed by atoms with Crippen LogP contribution in [0.15, 0.2) is 30.7 Å². The van der Waals surface area contributed by atoms with Crippen molar-refractivity contribution in [3.63, 3.8) is 0 Å². The topological polar surface area (TPSA) is 78.8 Å². The fraction of sp³-hybridized carbons (Fsp3) is 0.231. The third-order valence-electron chi connectivity index (χ3n) is 2.95. The van der Waals surface area contributed by atoms with Crippen molar-refractivity contribution < 1.29 is 9.90 Å². The van der Waals surface area contributed by atoms with Gasteiger partial charge in [-0.1, -0.05) is 0 Å².